The van der Waals surface area contributed by atoms with E-state index in [4.69, 9.17) is 5.53 Å². The summed E-state index contributed by atoms with van der Waals surface area (Å²) in [6.07, 6.45) is 2.06. The lowest BCUT2D eigenvalue weighted by molar-refractivity contribution is 0.336. The zero-order valence-corrected chi connectivity index (χ0v) is 10.4. The van der Waals surface area contributed by atoms with Gasteiger partial charge in [-0.3, -0.25) is 0 Å². The predicted octanol–water partition coefficient (Wildman–Crippen LogP) is 1.03. The van der Waals surface area contributed by atoms with Crippen LogP contribution in [0.4, 0.5) is 0 Å². The molecule has 0 bridgehead atoms. The molecule has 2 heterocycles. The Balaban J connectivity index is 0.00000128. The van der Waals surface area contributed by atoms with E-state index in [1.165, 1.54) is 0 Å². The quantitative estimate of drug-likeness (QED) is 0.436. The van der Waals surface area contributed by atoms with Crippen LogP contribution in [0, 0.1) is 0 Å². The molecular formula is C8H15ClN4O2S. The third-order valence-electron chi connectivity index (χ3n) is 3.34. The van der Waals surface area contributed by atoms with Gasteiger partial charge in [0.25, 0.3) is 0 Å². The lowest BCUT2D eigenvalue weighted by Gasteiger charge is -2.33. The van der Waals surface area contributed by atoms with Gasteiger partial charge in [0.05, 0.1) is 17.5 Å². The van der Waals surface area contributed by atoms with Crippen LogP contribution in [0.15, 0.2) is 5.11 Å². The maximum atomic E-state index is 11.3. The minimum atomic E-state index is -2.82. The van der Waals surface area contributed by atoms with Crippen molar-refractivity contribution in [2.45, 2.75) is 30.8 Å². The molecule has 2 aliphatic heterocycles. The molecule has 6 nitrogen and oxygen atoms in total. The number of hydrogen-bond donors (Lipinski definition) is 1. The van der Waals surface area contributed by atoms with Crippen molar-refractivity contribution in [3.05, 3.63) is 10.4 Å². The number of hydrogen-bond acceptors (Lipinski definition) is 4. The highest BCUT2D eigenvalue weighted by Gasteiger charge is 2.42. The van der Waals surface area contributed by atoms with E-state index in [0.717, 1.165) is 6.42 Å². The molecule has 1 unspecified atom stereocenters. The Bertz CT molecular complexity index is 390. The predicted molar refractivity (Wildman–Crippen MR) is 63.4 cm³/mol. The van der Waals surface area contributed by atoms with Crippen LogP contribution in [0.2, 0.25) is 0 Å². The van der Waals surface area contributed by atoms with E-state index < -0.39 is 9.84 Å². The number of azide groups is 1. The molecule has 0 aromatic rings. The van der Waals surface area contributed by atoms with Crippen LogP contribution in [0.3, 0.4) is 0 Å². The molecule has 1 atom stereocenters. The highest BCUT2D eigenvalue weighted by atomic mass is 35.5. The second-order valence-corrected chi connectivity index (χ2v) is 6.68. The van der Waals surface area contributed by atoms with Gasteiger partial charge in [-0.2, -0.15) is 0 Å². The van der Waals surface area contributed by atoms with E-state index in [-0.39, 0.29) is 35.5 Å². The van der Waals surface area contributed by atoms with Crippen molar-refractivity contribution in [1.82, 2.24) is 5.32 Å². The fourth-order valence-electron chi connectivity index (χ4n) is 2.39. The van der Waals surface area contributed by atoms with E-state index in [1.54, 1.807) is 0 Å². The fraction of sp³-hybridized carbons (Fsp3) is 1.00. The maximum Gasteiger partial charge on any atom is 0.150 e. The molecule has 1 spiro atoms. The van der Waals surface area contributed by atoms with Gasteiger partial charge < -0.3 is 5.32 Å². The summed E-state index contributed by atoms with van der Waals surface area (Å²) in [5, 5.41) is 6.99. The Morgan fingerprint density at radius 2 is 2.00 bits per heavy atom. The van der Waals surface area contributed by atoms with Gasteiger partial charge in [-0.05, 0) is 24.8 Å². The minimum Gasteiger partial charge on any atom is -0.311 e. The number of nitrogens with one attached hydrogen (secondary N) is 1. The molecule has 2 rings (SSSR count). The number of rotatable bonds is 1. The van der Waals surface area contributed by atoms with Crippen LogP contribution in [-0.2, 0) is 9.84 Å². The first-order chi connectivity index (χ1) is 7.05. The zero-order chi connectivity index (χ0) is 10.9. The van der Waals surface area contributed by atoms with Crippen molar-refractivity contribution in [2.24, 2.45) is 5.11 Å². The van der Waals surface area contributed by atoms with Crippen molar-refractivity contribution in [1.29, 1.82) is 0 Å². The summed E-state index contributed by atoms with van der Waals surface area (Å²) in [5.74, 6) is 0.506. The standard InChI is InChI=1S/C8H14N4O2S.ClH/c9-12-11-7-5-8(10-6-7)1-3-15(13,14)4-2-8;/h7,10H,1-6H2;1H. The molecule has 2 fully saturated rings. The summed E-state index contributed by atoms with van der Waals surface area (Å²) in [6, 6.07) is -0.0178. The first kappa shape index (κ1) is 13.6. The monoisotopic (exact) mass is 266 g/mol. The third-order valence-corrected chi connectivity index (χ3v) is 4.99. The average molecular weight is 267 g/mol. The number of halogens is 1. The zero-order valence-electron chi connectivity index (χ0n) is 8.79. The molecule has 0 aromatic heterocycles. The first-order valence-electron chi connectivity index (χ1n) is 5.05. The molecular weight excluding hydrogens is 252 g/mol. The normalized spacial score (nSPS) is 30.4. The summed E-state index contributed by atoms with van der Waals surface area (Å²) >= 11 is 0. The summed E-state index contributed by atoms with van der Waals surface area (Å²) in [5.41, 5.74) is 8.24. The first-order valence-corrected chi connectivity index (χ1v) is 6.87. The lowest BCUT2D eigenvalue weighted by Crippen LogP contribution is -2.46. The van der Waals surface area contributed by atoms with Gasteiger partial charge in [-0.25, -0.2) is 8.42 Å². The van der Waals surface area contributed by atoms with Gasteiger partial charge in [-0.1, -0.05) is 5.11 Å². The number of sulfone groups is 1. The molecule has 0 radical (unpaired) electrons. The Kier molecular flexibility index (Phi) is 4.07. The Morgan fingerprint density at radius 1 is 1.38 bits per heavy atom. The summed E-state index contributed by atoms with van der Waals surface area (Å²) in [4.78, 5) is 2.79. The van der Waals surface area contributed by atoms with Crippen molar-refractivity contribution >= 4 is 22.2 Å². The van der Waals surface area contributed by atoms with Crippen LogP contribution >= 0.6 is 12.4 Å². The van der Waals surface area contributed by atoms with Crippen molar-refractivity contribution < 1.29 is 8.42 Å². The fourth-order valence-corrected chi connectivity index (χ4v) is 4.00. The van der Waals surface area contributed by atoms with Crippen molar-refractivity contribution in [3.8, 4) is 0 Å². The highest BCUT2D eigenvalue weighted by molar-refractivity contribution is 7.91. The van der Waals surface area contributed by atoms with E-state index in [9.17, 15) is 8.42 Å². The lowest BCUT2D eigenvalue weighted by atomic mass is 9.90. The smallest absolute Gasteiger partial charge is 0.150 e. The summed E-state index contributed by atoms with van der Waals surface area (Å²) in [6.45, 7) is 0.671. The molecule has 16 heavy (non-hydrogen) atoms. The molecule has 2 saturated heterocycles. The maximum absolute atomic E-state index is 11.3. The van der Waals surface area contributed by atoms with Gasteiger partial charge in [0.15, 0.2) is 0 Å². The third kappa shape index (κ3) is 2.79. The van der Waals surface area contributed by atoms with Gasteiger partial charge in [-0.15, -0.1) is 12.4 Å². The van der Waals surface area contributed by atoms with Gasteiger partial charge in [0.1, 0.15) is 9.84 Å². The molecule has 0 aromatic carbocycles. The second-order valence-electron chi connectivity index (χ2n) is 4.38. The largest absolute Gasteiger partial charge is 0.311 e. The van der Waals surface area contributed by atoms with Crippen LogP contribution < -0.4 is 5.32 Å². The molecule has 0 amide bonds. The molecule has 92 valence electrons. The van der Waals surface area contributed by atoms with Crippen molar-refractivity contribution in [2.75, 3.05) is 18.1 Å². The molecule has 2 aliphatic rings. The van der Waals surface area contributed by atoms with Gasteiger partial charge >= 0.3 is 0 Å². The Morgan fingerprint density at radius 3 is 2.56 bits per heavy atom. The summed E-state index contributed by atoms with van der Waals surface area (Å²) in [7, 11) is -2.82. The average Bonchev–Trinajstić information content (AvgIpc) is 2.57. The van der Waals surface area contributed by atoms with Crippen LogP contribution in [0.25, 0.3) is 10.4 Å². The SMILES string of the molecule is Cl.[N-]=[N+]=NC1CNC2(CCS(=O)(=O)CC2)C1. The second kappa shape index (κ2) is 4.79. The number of nitrogens with zero attached hydrogens (tertiary/aromatic N) is 3. The summed E-state index contributed by atoms with van der Waals surface area (Å²) < 4.78 is 22.6. The Hall–Kier alpha value is -0.490. The van der Waals surface area contributed by atoms with Crippen LogP contribution in [0.5, 0.6) is 0 Å². The van der Waals surface area contributed by atoms with Gasteiger partial charge in [0, 0.05) is 17.0 Å². The van der Waals surface area contributed by atoms with E-state index in [1.807, 2.05) is 0 Å². The minimum absolute atomic E-state index is 0. The van der Waals surface area contributed by atoms with Crippen molar-refractivity contribution in [3.63, 3.8) is 0 Å². The molecule has 8 heteroatoms. The molecule has 1 N–H and O–H groups in total. The van der Waals surface area contributed by atoms with E-state index in [2.05, 4.69) is 15.3 Å². The highest BCUT2D eigenvalue weighted by Crippen LogP contribution is 2.32. The molecule has 0 saturated carbocycles. The van der Waals surface area contributed by atoms with Gasteiger partial charge in [0.2, 0.25) is 0 Å². The van der Waals surface area contributed by atoms with E-state index in [0.29, 0.717) is 19.4 Å². The van der Waals surface area contributed by atoms with E-state index >= 15 is 0 Å². The Labute approximate surface area is 101 Å². The topological polar surface area (TPSA) is 94.9 Å². The van der Waals surface area contributed by atoms with Crippen LogP contribution in [-0.4, -0.2) is 38.0 Å². The van der Waals surface area contributed by atoms with Crippen LogP contribution in [0.1, 0.15) is 19.3 Å². The molecule has 0 aliphatic carbocycles.